The van der Waals surface area contributed by atoms with E-state index in [0.29, 0.717) is 0 Å². The van der Waals surface area contributed by atoms with Gasteiger partial charge >= 0.3 is 0 Å². The number of rotatable bonds is 2. The third-order valence-electron chi connectivity index (χ3n) is 3.79. The van der Waals surface area contributed by atoms with Gasteiger partial charge in [0.05, 0.1) is 21.5 Å². The van der Waals surface area contributed by atoms with Gasteiger partial charge in [0.25, 0.3) is 0 Å². The second-order valence-electron chi connectivity index (χ2n) is 5.60. The molecule has 1 atom stereocenters. The maximum Gasteiger partial charge on any atom is 0.0739 e. The Morgan fingerprint density at radius 3 is 2.72 bits per heavy atom. The van der Waals surface area contributed by atoms with Crippen LogP contribution in [0.4, 0.5) is 0 Å². The van der Waals surface area contributed by atoms with Crippen molar-refractivity contribution < 1.29 is 5.11 Å². The molecule has 2 rings (SSSR count). The van der Waals surface area contributed by atoms with Crippen LogP contribution in [-0.4, -0.2) is 38.5 Å². The van der Waals surface area contributed by atoms with Crippen LogP contribution < -0.4 is 0 Å². The molecule has 0 aromatic carbocycles. The molecule has 1 N–H and O–H groups in total. The molecule has 0 saturated carbocycles. The van der Waals surface area contributed by atoms with Gasteiger partial charge < -0.3 is 5.11 Å². The lowest BCUT2D eigenvalue weighted by Crippen LogP contribution is -2.28. The van der Waals surface area contributed by atoms with Gasteiger partial charge in [0.1, 0.15) is 0 Å². The number of likely N-dealkylation sites (tertiary alicyclic amines) is 1. The summed E-state index contributed by atoms with van der Waals surface area (Å²) in [6.07, 6.45) is 2.80. The van der Waals surface area contributed by atoms with Gasteiger partial charge in [0, 0.05) is 20.1 Å². The molecule has 0 bridgehead atoms. The van der Waals surface area contributed by atoms with E-state index in [9.17, 15) is 5.11 Å². The fraction of sp³-hybridized carbons (Fsp3) is 0.769. The van der Waals surface area contributed by atoms with Gasteiger partial charge in [-0.3, -0.25) is 9.58 Å². The van der Waals surface area contributed by atoms with Crippen LogP contribution in [0.2, 0.25) is 0 Å². The van der Waals surface area contributed by atoms with E-state index in [1.807, 2.05) is 25.6 Å². The molecule has 4 nitrogen and oxygen atoms in total. The first-order chi connectivity index (χ1) is 8.39. The van der Waals surface area contributed by atoms with E-state index in [1.54, 1.807) is 0 Å². The fourth-order valence-electron chi connectivity index (χ4n) is 2.54. The number of aromatic nitrogens is 2. The summed E-state index contributed by atoms with van der Waals surface area (Å²) in [7, 11) is 1.99. The van der Waals surface area contributed by atoms with Gasteiger partial charge in [0.15, 0.2) is 0 Å². The Morgan fingerprint density at radius 1 is 1.39 bits per heavy atom. The normalized spacial score (nSPS) is 26.3. The van der Waals surface area contributed by atoms with Crippen LogP contribution in [0, 0.1) is 6.92 Å². The van der Waals surface area contributed by atoms with E-state index in [-0.39, 0.29) is 0 Å². The molecule has 1 aromatic heterocycles. The van der Waals surface area contributed by atoms with E-state index in [1.165, 1.54) is 5.69 Å². The Labute approximate surface area is 117 Å². The molecule has 2 heterocycles. The Hall–Kier alpha value is -0.390. The zero-order valence-electron chi connectivity index (χ0n) is 11.4. The number of halogens is 1. The van der Waals surface area contributed by atoms with Gasteiger partial charge in [-0.2, -0.15) is 5.10 Å². The molecule has 1 fully saturated rings. The van der Waals surface area contributed by atoms with E-state index in [2.05, 4.69) is 25.9 Å². The molecule has 0 amide bonds. The van der Waals surface area contributed by atoms with Crippen LogP contribution in [0.25, 0.3) is 0 Å². The van der Waals surface area contributed by atoms with Crippen molar-refractivity contribution in [2.75, 3.05) is 13.1 Å². The predicted octanol–water partition coefficient (Wildman–Crippen LogP) is 2.23. The molecule has 1 aliphatic rings. The number of hydrogen-bond acceptors (Lipinski definition) is 3. The highest BCUT2D eigenvalue weighted by molar-refractivity contribution is 9.10. The van der Waals surface area contributed by atoms with Crippen molar-refractivity contribution in [3.05, 3.63) is 15.9 Å². The fourth-order valence-corrected chi connectivity index (χ4v) is 3.00. The average molecular weight is 316 g/mol. The van der Waals surface area contributed by atoms with Gasteiger partial charge in [-0.25, -0.2) is 0 Å². The highest BCUT2D eigenvalue weighted by atomic mass is 79.9. The minimum absolute atomic E-state index is 0.492. The van der Waals surface area contributed by atoms with Gasteiger partial charge in [-0.05, 0) is 55.6 Å². The average Bonchev–Trinajstić information content (AvgIpc) is 2.46. The number of aryl methyl sites for hydroxylation is 2. The van der Waals surface area contributed by atoms with Crippen molar-refractivity contribution in [3.8, 4) is 0 Å². The molecule has 0 aliphatic carbocycles. The van der Waals surface area contributed by atoms with E-state index in [4.69, 9.17) is 0 Å². The molecule has 5 heteroatoms. The highest BCUT2D eigenvalue weighted by Gasteiger charge is 2.25. The Kier molecular flexibility index (Phi) is 4.14. The van der Waals surface area contributed by atoms with Crippen molar-refractivity contribution in [3.63, 3.8) is 0 Å². The van der Waals surface area contributed by atoms with Gasteiger partial charge in [0.2, 0.25) is 0 Å². The minimum Gasteiger partial charge on any atom is -0.390 e. The SMILES string of the molecule is Cc1nn(C)c(CN2CCCC(C)(O)CC2)c1Br. The molecule has 0 spiro atoms. The smallest absolute Gasteiger partial charge is 0.0739 e. The van der Waals surface area contributed by atoms with Crippen molar-refractivity contribution in [2.24, 2.45) is 7.05 Å². The van der Waals surface area contributed by atoms with Crippen LogP contribution >= 0.6 is 15.9 Å². The molecule has 1 unspecified atom stereocenters. The van der Waals surface area contributed by atoms with Crippen LogP contribution in [0.15, 0.2) is 4.47 Å². The molecule has 0 radical (unpaired) electrons. The predicted molar refractivity (Wildman–Crippen MR) is 75.4 cm³/mol. The largest absolute Gasteiger partial charge is 0.390 e. The first-order valence-corrected chi connectivity index (χ1v) is 7.31. The Morgan fingerprint density at radius 2 is 2.11 bits per heavy atom. The number of nitrogens with zero attached hydrogens (tertiary/aromatic N) is 3. The third kappa shape index (κ3) is 3.13. The van der Waals surface area contributed by atoms with Crippen molar-refractivity contribution in [2.45, 2.75) is 45.3 Å². The Bertz CT molecular complexity index is 428. The quantitative estimate of drug-likeness (QED) is 0.910. The van der Waals surface area contributed by atoms with Crippen LogP contribution in [0.5, 0.6) is 0 Å². The molecular weight excluding hydrogens is 294 g/mol. The maximum absolute atomic E-state index is 10.1. The maximum atomic E-state index is 10.1. The van der Waals surface area contributed by atoms with Crippen LogP contribution in [0.3, 0.4) is 0 Å². The lowest BCUT2D eigenvalue weighted by atomic mass is 9.98. The minimum atomic E-state index is -0.492. The van der Waals surface area contributed by atoms with Gasteiger partial charge in [-0.1, -0.05) is 0 Å². The molecular formula is C13H22BrN3O. The third-order valence-corrected chi connectivity index (χ3v) is 4.82. The van der Waals surface area contributed by atoms with Crippen molar-refractivity contribution >= 4 is 15.9 Å². The van der Waals surface area contributed by atoms with Crippen LogP contribution in [-0.2, 0) is 13.6 Å². The summed E-state index contributed by atoms with van der Waals surface area (Å²) >= 11 is 3.61. The Balaban J connectivity index is 2.05. The summed E-state index contributed by atoms with van der Waals surface area (Å²) in [5.41, 5.74) is 1.76. The summed E-state index contributed by atoms with van der Waals surface area (Å²) < 4.78 is 3.06. The second-order valence-corrected chi connectivity index (χ2v) is 6.39. The summed E-state index contributed by atoms with van der Waals surface area (Å²) in [6.45, 7) is 6.85. The lowest BCUT2D eigenvalue weighted by Gasteiger charge is -2.22. The topological polar surface area (TPSA) is 41.3 Å². The number of aliphatic hydroxyl groups is 1. The second kappa shape index (κ2) is 5.31. The van der Waals surface area contributed by atoms with Crippen LogP contribution in [0.1, 0.15) is 37.6 Å². The lowest BCUT2D eigenvalue weighted by molar-refractivity contribution is 0.0443. The summed E-state index contributed by atoms with van der Waals surface area (Å²) in [5.74, 6) is 0. The first kappa shape index (κ1) is 14.0. The molecule has 1 saturated heterocycles. The molecule has 18 heavy (non-hydrogen) atoms. The highest BCUT2D eigenvalue weighted by Crippen LogP contribution is 2.25. The number of hydrogen-bond donors (Lipinski definition) is 1. The first-order valence-electron chi connectivity index (χ1n) is 6.52. The zero-order valence-corrected chi connectivity index (χ0v) is 13.0. The van der Waals surface area contributed by atoms with Crippen molar-refractivity contribution in [1.29, 1.82) is 0 Å². The summed E-state index contributed by atoms with van der Waals surface area (Å²) in [6, 6.07) is 0. The molecule has 102 valence electrons. The monoisotopic (exact) mass is 315 g/mol. The standard InChI is InChI=1S/C13H22BrN3O/c1-10-12(14)11(16(3)15-10)9-17-7-4-5-13(2,18)6-8-17/h18H,4-9H2,1-3H3. The van der Waals surface area contributed by atoms with E-state index >= 15 is 0 Å². The molecule has 1 aliphatic heterocycles. The van der Waals surface area contributed by atoms with Crippen molar-refractivity contribution in [1.82, 2.24) is 14.7 Å². The molecule has 1 aromatic rings. The van der Waals surface area contributed by atoms with E-state index < -0.39 is 5.60 Å². The van der Waals surface area contributed by atoms with E-state index in [0.717, 1.165) is 49.1 Å². The zero-order chi connectivity index (χ0) is 13.3. The summed E-state index contributed by atoms with van der Waals surface area (Å²) in [5, 5.41) is 14.5. The summed E-state index contributed by atoms with van der Waals surface area (Å²) in [4.78, 5) is 2.41. The van der Waals surface area contributed by atoms with Gasteiger partial charge in [-0.15, -0.1) is 0 Å².